The Morgan fingerprint density at radius 3 is 2.67 bits per heavy atom. The molecule has 0 radical (unpaired) electrons. The molecule has 4 N–H and O–H groups in total. The van der Waals surface area contributed by atoms with E-state index in [1.807, 2.05) is 6.07 Å². The second-order valence-electron chi connectivity index (χ2n) is 3.13. The quantitative estimate of drug-likeness (QED) is 0.742. The van der Waals surface area contributed by atoms with Gasteiger partial charge in [-0.05, 0) is 17.7 Å². The van der Waals surface area contributed by atoms with Crippen molar-refractivity contribution >= 4 is 23.2 Å². The smallest absolute Gasteiger partial charge is 0.0556 e. The highest BCUT2D eigenvalue weighted by Crippen LogP contribution is 2.25. The van der Waals surface area contributed by atoms with Gasteiger partial charge in [-0.2, -0.15) is 0 Å². The van der Waals surface area contributed by atoms with E-state index in [-0.39, 0.29) is 12.6 Å². The lowest BCUT2D eigenvalue weighted by Crippen LogP contribution is -2.30. The number of halogens is 2. The van der Waals surface area contributed by atoms with Gasteiger partial charge in [-0.15, -0.1) is 0 Å². The largest absolute Gasteiger partial charge is 0.395 e. The highest BCUT2D eigenvalue weighted by molar-refractivity contribution is 6.35. The molecule has 5 heteroatoms. The standard InChI is InChI=1S/C10H14Cl2N2O/c11-7-1-2-8(9(12)5-7)10(6-13)14-3-4-15/h1-2,5,10,14-15H,3-4,6,13H2. The summed E-state index contributed by atoms with van der Waals surface area (Å²) in [6.45, 7) is 0.976. The van der Waals surface area contributed by atoms with Crippen LogP contribution in [0.1, 0.15) is 11.6 Å². The van der Waals surface area contributed by atoms with Crippen molar-refractivity contribution in [3.63, 3.8) is 0 Å². The van der Waals surface area contributed by atoms with Crippen LogP contribution in [0.4, 0.5) is 0 Å². The van der Waals surface area contributed by atoms with Crippen LogP contribution in [0.5, 0.6) is 0 Å². The van der Waals surface area contributed by atoms with Crippen LogP contribution >= 0.6 is 23.2 Å². The first-order chi connectivity index (χ1) is 7.19. The minimum Gasteiger partial charge on any atom is -0.395 e. The third-order valence-corrected chi connectivity index (χ3v) is 2.64. The minimum absolute atomic E-state index is 0.0538. The molecular weight excluding hydrogens is 235 g/mol. The Labute approximate surface area is 99.2 Å². The second kappa shape index (κ2) is 6.30. The Bertz CT molecular complexity index is 320. The molecule has 3 nitrogen and oxygen atoms in total. The van der Waals surface area contributed by atoms with Crippen molar-refractivity contribution < 1.29 is 5.11 Å². The van der Waals surface area contributed by atoms with Gasteiger partial charge >= 0.3 is 0 Å². The van der Waals surface area contributed by atoms with Crippen LogP contribution in [0.15, 0.2) is 18.2 Å². The maximum Gasteiger partial charge on any atom is 0.0556 e. The average molecular weight is 249 g/mol. The molecule has 1 atom stereocenters. The molecule has 1 rings (SSSR count). The van der Waals surface area contributed by atoms with E-state index in [2.05, 4.69) is 5.32 Å². The molecule has 0 heterocycles. The van der Waals surface area contributed by atoms with Crippen molar-refractivity contribution in [1.29, 1.82) is 0 Å². The predicted molar refractivity (Wildman–Crippen MR) is 63.3 cm³/mol. The van der Waals surface area contributed by atoms with Crippen LogP contribution in [0.3, 0.4) is 0 Å². The Kier molecular flexibility index (Phi) is 5.36. The molecule has 0 fully saturated rings. The maximum absolute atomic E-state index is 8.71. The number of benzene rings is 1. The first kappa shape index (κ1) is 12.7. The van der Waals surface area contributed by atoms with Gasteiger partial charge in [0.15, 0.2) is 0 Å². The fourth-order valence-electron chi connectivity index (χ4n) is 1.34. The van der Waals surface area contributed by atoms with Crippen molar-refractivity contribution in [2.75, 3.05) is 19.7 Å². The Balaban J connectivity index is 2.81. The summed E-state index contributed by atoms with van der Waals surface area (Å²) in [5.74, 6) is 0. The first-order valence-electron chi connectivity index (χ1n) is 4.68. The molecule has 1 aromatic rings. The Morgan fingerprint density at radius 1 is 1.40 bits per heavy atom. The predicted octanol–water partition coefficient (Wildman–Crippen LogP) is 1.58. The molecule has 0 saturated carbocycles. The van der Waals surface area contributed by atoms with E-state index < -0.39 is 0 Å². The van der Waals surface area contributed by atoms with Crippen molar-refractivity contribution in [3.8, 4) is 0 Å². The molecule has 0 saturated heterocycles. The minimum atomic E-state index is -0.0538. The molecular formula is C10H14Cl2N2O. The van der Waals surface area contributed by atoms with E-state index in [4.69, 9.17) is 34.0 Å². The van der Waals surface area contributed by atoms with Gasteiger partial charge in [-0.25, -0.2) is 0 Å². The normalized spacial score (nSPS) is 12.8. The third kappa shape index (κ3) is 3.63. The summed E-state index contributed by atoms with van der Waals surface area (Å²) >= 11 is 11.8. The summed E-state index contributed by atoms with van der Waals surface area (Å²) < 4.78 is 0. The summed E-state index contributed by atoms with van der Waals surface area (Å²) in [5.41, 5.74) is 6.52. The summed E-state index contributed by atoms with van der Waals surface area (Å²) in [7, 11) is 0. The number of aliphatic hydroxyl groups is 1. The van der Waals surface area contributed by atoms with Crippen LogP contribution in [0.25, 0.3) is 0 Å². The summed E-state index contributed by atoms with van der Waals surface area (Å²) in [5, 5.41) is 13.0. The number of nitrogens with two attached hydrogens (primary N) is 1. The number of hydrogen-bond acceptors (Lipinski definition) is 3. The number of hydrogen-bond donors (Lipinski definition) is 3. The van der Waals surface area contributed by atoms with Gasteiger partial charge in [0.1, 0.15) is 0 Å². The zero-order valence-electron chi connectivity index (χ0n) is 8.21. The van der Waals surface area contributed by atoms with Crippen LogP contribution in [-0.4, -0.2) is 24.8 Å². The van der Waals surface area contributed by atoms with E-state index in [1.165, 1.54) is 0 Å². The fraction of sp³-hybridized carbons (Fsp3) is 0.400. The number of aliphatic hydroxyl groups excluding tert-OH is 1. The van der Waals surface area contributed by atoms with E-state index in [0.29, 0.717) is 23.1 Å². The summed E-state index contributed by atoms with van der Waals surface area (Å²) in [4.78, 5) is 0. The van der Waals surface area contributed by atoms with Gasteiger partial charge in [0.2, 0.25) is 0 Å². The lowest BCUT2D eigenvalue weighted by molar-refractivity contribution is 0.285. The fourth-order valence-corrected chi connectivity index (χ4v) is 1.88. The molecule has 0 aliphatic heterocycles. The lowest BCUT2D eigenvalue weighted by Gasteiger charge is -2.18. The average Bonchev–Trinajstić information content (AvgIpc) is 2.21. The SMILES string of the molecule is NCC(NCCO)c1ccc(Cl)cc1Cl. The van der Waals surface area contributed by atoms with Crippen LogP contribution in [0, 0.1) is 0 Å². The topological polar surface area (TPSA) is 58.3 Å². The second-order valence-corrected chi connectivity index (χ2v) is 3.98. The number of rotatable bonds is 5. The van der Waals surface area contributed by atoms with Gasteiger partial charge in [0, 0.05) is 29.2 Å². The monoisotopic (exact) mass is 248 g/mol. The van der Waals surface area contributed by atoms with Crippen LogP contribution in [-0.2, 0) is 0 Å². The molecule has 1 aromatic carbocycles. The first-order valence-corrected chi connectivity index (χ1v) is 5.44. The highest BCUT2D eigenvalue weighted by atomic mass is 35.5. The molecule has 0 aromatic heterocycles. The molecule has 1 unspecified atom stereocenters. The van der Waals surface area contributed by atoms with Gasteiger partial charge in [0.25, 0.3) is 0 Å². The van der Waals surface area contributed by atoms with Gasteiger partial charge in [-0.3, -0.25) is 0 Å². The van der Waals surface area contributed by atoms with Crippen LogP contribution < -0.4 is 11.1 Å². The molecule has 0 aliphatic rings. The van der Waals surface area contributed by atoms with Crippen molar-refractivity contribution in [3.05, 3.63) is 33.8 Å². The molecule has 0 amide bonds. The summed E-state index contributed by atoms with van der Waals surface area (Å²) in [6.07, 6.45) is 0. The molecule has 0 bridgehead atoms. The van der Waals surface area contributed by atoms with E-state index in [0.717, 1.165) is 5.56 Å². The van der Waals surface area contributed by atoms with Gasteiger partial charge in [0.05, 0.1) is 6.61 Å². The third-order valence-electron chi connectivity index (χ3n) is 2.08. The van der Waals surface area contributed by atoms with E-state index in [9.17, 15) is 0 Å². The maximum atomic E-state index is 8.71. The zero-order chi connectivity index (χ0) is 11.3. The zero-order valence-corrected chi connectivity index (χ0v) is 9.72. The van der Waals surface area contributed by atoms with Crippen molar-refractivity contribution in [2.45, 2.75) is 6.04 Å². The molecule has 0 spiro atoms. The Morgan fingerprint density at radius 2 is 2.13 bits per heavy atom. The Hall–Kier alpha value is -0.320. The number of nitrogens with one attached hydrogen (secondary N) is 1. The summed E-state index contributed by atoms with van der Waals surface area (Å²) in [6, 6.07) is 5.24. The van der Waals surface area contributed by atoms with E-state index >= 15 is 0 Å². The van der Waals surface area contributed by atoms with Crippen LogP contribution in [0.2, 0.25) is 10.0 Å². The lowest BCUT2D eigenvalue weighted by atomic mass is 10.1. The van der Waals surface area contributed by atoms with Crippen molar-refractivity contribution in [2.24, 2.45) is 5.73 Å². The highest BCUT2D eigenvalue weighted by Gasteiger charge is 2.12. The van der Waals surface area contributed by atoms with E-state index in [1.54, 1.807) is 12.1 Å². The van der Waals surface area contributed by atoms with Crippen molar-refractivity contribution in [1.82, 2.24) is 5.32 Å². The molecule has 15 heavy (non-hydrogen) atoms. The van der Waals surface area contributed by atoms with Gasteiger partial charge in [-0.1, -0.05) is 29.3 Å². The molecule has 0 aliphatic carbocycles. The van der Waals surface area contributed by atoms with Gasteiger partial charge < -0.3 is 16.2 Å². The molecule has 84 valence electrons.